The predicted molar refractivity (Wildman–Crippen MR) is 64.8 cm³/mol. The maximum Gasteiger partial charge on any atom is 0.417 e. The average Bonchev–Trinajstić information content (AvgIpc) is 2.72. The van der Waals surface area contributed by atoms with Crippen LogP contribution in [0.4, 0.5) is 18.9 Å². The third-order valence-electron chi connectivity index (χ3n) is 2.53. The molecular formula is C11H10ClF3N4. The fourth-order valence-corrected chi connectivity index (χ4v) is 1.73. The van der Waals surface area contributed by atoms with Crippen molar-refractivity contribution in [3.63, 3.8) is 0 Å². The number of rotatable bonds is 3. The van der Waals surface area contributed by atoms with Gasteiger partial charge in [-0.15, -0.1) is 10.2 Å². The van der Waals surface area contributed by atoms with Crippen molar-refractivity contribution in [3.05, 3.63) is 40.9 Å². The van der Waals surface area contributed by atoms with E-state index in [9.17, 15) is 13.2 Å². The summed E-state index contributed by atoms with van der Waals surface area (Å²) in [7, 11) is 1.75. The summed E-state index contributed by atoms with van der Waals surface area (Å²) >= 11 is 5.53. The summed E-state index contributed by atoms with van der Waals surface area (Å²) < 4.78 is 39.7. The van der Waals surface area contributed by atoms with Gasteiger partial charge in [0.2, 0.25) is 0 Å². The lowest BCUT2D eigenvalue weighted by Gasteiger charge is -2.12. The molecule has 0 aliphatic rings. The smallest absolute Gasteiger partial charge is 0.378 e. The van der Waals surface area contributed by atoms with Crippen LogP contribution in [0.25, 0.3) is 0 Å². The zero-order valence-electron chi connectivity index (χ0n) is 9.87. The van der Waals surface area contributed by atoms with Crippen LogP contribution in [0.2, 0.25) is 5.02 Å². The molecule has 0 atom stereocenters. The molecule has 0 amide bonds. The lowest BCUT2D eigenvalue weighted by Crippen LogP contribution is -2.09. The Hall–Kier alpha value is -1.76. The highest BCUT2D eigenvalue weighted by Gasteiger charge is 2.33. The summed E-state index contributed by atoms with van der Waals surface area (Å²) in [6.07, 6.45) is -2.96. The second-order valence-electron chi connectivity index (χ2n) is 3.90. The van der Waals surface area contributed by atoms with Crippen LogP contribution < -0.4 is 5.32 Å². The molecule has 1 aromatic carbocycles. The Morgan fingerprint density at radius 3 is 2.68 bits per heavy atom. The summed E-state index contributed by atoms with van der Waals surface area (Å²) in [5, 5.41) is 10.0. The van der Waals surface area contributed by atoms with Crippen LogP contribution in [-0.4, -0.2) is 14.8 Å². The molecule has 2 rings (SSSR count). The highest BCUT2D eigenvalue weighted by molar-refractivity contribution is 6.31. The first-order chi connectivity index (χ1) is 8.88. The van der Waals surface area contributed by atoms with Crippen LogP contribution in [0.1, 0.15) is 11.4 Å². The molecule has 2 aromatic rings. The number of nitrogens with one attached hydrogen (secondary N) is 1. The molecule has 0 aliphatic heterocycles. The van der Waals surface area contributed by atoms with Crippen molar-refractivity contribution in [3.8, 4) is 0 Å². The van der Waals surface area contributed by atoms with Gasteiger partial charge in [-0.05, 0) is 18.2 Å². The fraction of sp³-hybridized carbons (Fsp3) is 0.273. The van der Waals surface area contributed by atoms with Crippen molar-refractivity contribution in [2.24, 2.45) is 7.05 Å². The lowest BCUT2D eigenvalue weighted by atomic mass is 10.2. The average molecular weight is 291 g/mol. The molecule has 102 valence electrons. The van der Waals surface area contributed by atoms with Crippen LogP contribution in [0, 0.1) is 0 Å². The van der Waals surface area contributed by atoms with E-state index in [-0.39, 0.29) is 11.6 Å². The normalized spacial score (nSPS) is 11.6. The van der Waals surface area contributed by atoms with Crippen LogP contribution >= 0.6 is 11.6 Å². The number of hydrogen-bond acceptors (Lipinski definition) is 3. The number of nitrogens with zero attached hydrogens (tertiary/aromatic N) is 3. The molecular weight excluding hydrogens is 281 g/mol. The van der Waals surface area contributed by atoms with E-state index < -0.39 is 11.7 Å². The van der Waals surface area contributed by atoms with Gasteiger partial charge in [-0.2, -0.15) is 13.2 Å². The van der Waals surface area contributed by atoms with E-state index >= 15 is 0 Å². The minimum Gasteiger partial charge on any atom is -0.378 e. The van der Waals surface area contributed by atoms with Gasteiger partial charge in [0.05, 0.1) is 17.1 Å². The van der Waals surface area contributed by atoms with Crippen LogP contribution in [0.3, 0.4) is 0 Å². The quantitative estimate of drug-likeness (QED) is 0.944. The Labute approximate surface area is 112 Å². The molecule has 0 unspecified atom stereocenters. The molecule has 1 heterocycles. The van der Waals surface area contributed by atoms with Gasteiger partial charge in [-0.3, -0.25) is 0 Å². The number of halogens is 4. The van der Waals surface area contributed by atoms with E-state index in [0.717, 1.165) is 6.07 Å². The molecule has 0 aliphatic carbocycles. The van der Waals surface area contributed by atoms with E-state index in [2.05, 4.69) is 15.5 Å². The minimum atomic E-state index is -4.47. The molecule has 0 saturated carbocycles. The number of anilines is 1. The Morgan fingerprint density at radius 2 is 2.11 bits per heavy atom. The number of benzene rings is 1. The van der Waals surface area contributed by atoms with Crippen molar-refractivity contribution in [1.82, 2.24) is 14.8 Å². The standard InChI is InChI=1S/C11H10ClF3N4/c1-19-6-17-18-10(19)5-16-7-2-3-9(12)8(4-7)11(13,14)15/h2-4,6,16H,5H2,1H3. The third kappa shape index (κ3) is 3.17. The van der Waals surface area contributed by atoms with E-state index in [1.54, 1.807) is 11.6 Å². The molecule has 0 radical (unpaired) electrons. The van der Waals surface area contributed by atoms with Crippen molar-refractivity contribution in [2.45, 2.75) is 12.7 Å². The van der Waals surface area contributed by atoms with Crippen molar-refractivity contribution >= 4 is 17.3 Å². The third-order valence-corrected chi connectivity index (χ3v) is 2.86. The fourth-order valence-electron chi connectivity index (χ4n) is 1.50. The maximum atomic E-state index is 12.7. The molecule has 8 heteroatoms. The van der Waals surface area contributed by atoms with Gasteiger partial charge in [-0.25, -0.2) is 0 Å². The van der Waals surface area contributed by atoms with E-state index in [1.165, 1.54) is 18.5 Å². The number of aromatic nitrogens is 3. The number of aryl methyl sites for hydroxylation is 1. The Morgan fingerprint density at radius 1 is 1.37 bits per heavy atom. The summed E-state index contributed by atoms with van der Waals surface area (Å²) in [5.41, 5.74) is -0.545. The molecule has 0 bridgehead atoms. The molecule has 0 saturated heterocycles. The first kappa shape index (κ1) is 13.7. The van der Waals surface area contributed by atoms with Gasteiger partial charge in [0, 0.05) is 12.7 Å². The van der Waals surface area contributed by atoms with E-state index in [0.29, 0.717) is 11.5 Å². The Bertz CT molecular complexity index is 580. The first-order valence-electron chi connectivity index (χ1n) is 5.31. The second-order valence-corrected chi connectivity index (χ2v) is 4.31. The van der Waals surface area contributed by atoms with Gasteiger partial charge >= 0.3 is 6.18 Å². The summed E-state index contributed by atoms with van der Waals surface area (Å²) in [6.45, 7) is 0.273. The molecule has 19 heavy (non-hydrogen) atoms. The number of hydrogen-bond donors (Lipinski definition) is 1. The monoisotopic (exact) mass is 290 g/mol. The predicted octanol–water partition coefficient (Wildman–Crippen LogP) is 3.10. The molecule has 1 aromatic heterocycles. The van der Waals surface area contributed by atoms with E-state index in [4.69, 9.17) is 11.6 Å². The molecule has 1 N–H and O–H groups in total. The summed E-state index contributed by atoms with van der Waals surface area (Å²) in [4.78, 5) is 0. The topological polar surface area (TPSA) is 42.7 Å². The minimum absolute atomic E-state index is 0.273. The zero-order chi connectivity index (χ0) is 14.0. The van der Waals surface area contributed by atoms with Gasteiger partial charge in [0.15, 0.2) is 5.82 Å². The first-order valence-corrected chi connectivity index (χ1v) is 5.69. The Kier molecular flexibility index (Phi) is 3.66. The molecule has 0 spiro atoms. The van der Waals surface area contributed by atoms with Crippen molar-refractivity contribution < 1.29 is 13.2 Å². The van der Waals surface area contributed by atoms with Crippen LogP contribution in [0.5, 0.6) is 0 Å². The van der Waals surface area contributed by atoms with Crippen molar-refractivity contribution in [2.75, 3.05) is 5.32 Å². The van der Waals surface area contributed by atoms with Crippen LogP contribution in [-0.2, 0) is 19.8 Å². The van der Waals surface area contributed by atoms with Gasteiger partial charge < -0.3 is 9.88 Å². The Balaban J connectivity index is 2.16. The molecule has 4 nitrogen and oxygen atoms in total. The van der Waals surface area contributed by atoms with Crippen molar-refractivity contribution in [1.29, 1.82) is 0 Å². The highest BCUT2D eigenvalue weighted by Crippen LogP contribution is 2.36. The van der Waals surface area contributed by atoms with Gasteiger partial charge in [0.1, 0.15) is 6.33 Å². The van der Waals surface area contributed by atoms with E-state index in [1.807, 2.05) is 0 Å². The SMILES string of the molecule is Cn1cnnc1CNc1ccc(Cl)c(C(F)(F)F)c1. The summed E-state index contributed by atoms with van der Waals surface area (Å²) in [6, 6.07) is 3.66. The highest BCUT2D eigenvalue weighted by atomic mass is 35.5. The largest absolute Gasteiger partial charge is 0.417 e. The van der Waals surface area contributed by atoms with Crippen LogP contribution in [0.15, 0.2) is 24.5 Å². The van der Waals surface area contributed by atoms with Gasteiger partial charge in [0.25, 0.3) is 0 Å². The maximum absolute atomic E-state index is 12.7. The number of alkyl halides is 3. The molecule has 0 fully saturated rings. The van der Waals surface area contributed by atoms with Gasteiger partial charge in [-0.1, -0.05) is 11.6 Å². The lowest BCUT2D eigenvalue weighted by molar-refractivity contribution is -0.137. The second kappa shape index (κ2) is 5.08. The summed E-state index contributed by atoms with van der Waals surface area (Å²) in [5.74, 6) is 0.614. The zero-order valence-corrected chi connectivity index (χ0v) is 10.6.